The Morgan fingerprint density at radius 1 is 0.579 bits per heavy atom. The summed E-state index contributed by atoms with van der Waals surface area (Å²) in [5.41, 5.74) is 3.15. The third-order valence-electron chi connectivity index (χ3n) is 5.27. The lowest BCUT2D eigenvalue weighted by atomic mass is 10.3. The number of nitrogens with zero attached hydrogens (tertiary/aromatic N) is 4. The molecule has 0 fully saturated rings. The number of nitrogens with one attached hydrogen (secondary N) is 2. The van der Waals surface area contributed by atoms with Gasteiger partial charge >= 0.3 is 0 Å². The Morgan fingerprint density at radius 3 is 1.39 bits per heavy atom. The highest BCUT2D eigenvalue weighted by molar-refractivity contribution is 8.02. The van der Waals surface area contributed by atoms with E-state index in [1.165, 1.54) is 46.2 Å². The van der Waals surface area contributed by atoms with Crippen molar-refractivity contribution in [1.29, 1.82) is 0 Å². The summed E-state index contributed by atoms with van der Waals surface area (Å²) in [7, 11) is 0. The Morgan fingerprint density at radius 2 is 0.974 bits per heavy atom. The van der Waals surface area contributed by atoms with E-state index in [1.54, 1.807) is 0 Å². The van der Waals surface area contributed by atoms with Gasteiger partial charge in [0.25, 0.3) is 0 Å². The van der Waals surface area contributed by atoms with Gasteiger partial charge in [-0.15, -0.1) is 0 Å². The number of anilines is 2. The Hall–Kier alpha value is -3.58. The third kappa shape index (κ3) is 5.63. The lowest BCUT2D eigenvalue weighted by molar-refractivity contribution is -0.114. The number of carbonyl (C=O) groups is 2. The molecular formula is C26H18N6O2S4. The van der Waals surface area contributed by atoms with Crippen LogP contribution in [0, 0.1) is 0 Å². The van der Waals surface area contributed by atoms with E-state index in [2.05, 4.69) is 20.6 Å². The molecule has 0 spiro atoms. The number of thioether (sulfide) groups is 2. The van der Waals surface area contributed by atoms with Crippen LogP contribution in [0.15, 0.2) is 82.8 Å². The fourth-order valence-corrected chi connectivity index (χ4v) is 7.05. The van der Waals surface area contributed by atoms with Crippen molar-refractivity contribution >= 4 is 99.7 Å². The van der Waals surface area contributed by atoms with Gasteiger partial charge in [0, 0.05) is 0 Å². The van der Waals surface area contributed by atoms with Gasteiger partial charge < -0.3 is 10.6 Å². The number of carbonyl (C=O) groups excluding carboxylic acids is 2. The summed E-state index contributed by atoms with van der Waals surface area (Å²) in [6.07, 6.45) is 0. The normalized spacial score (nSPS) is 11.3. The lowest BCUT2D eigenvalue weighted by Crippen LogP contribution is -2.15. The number of thiazole rings is 2. The molecule has 0 aliphatic rings. The summed E-state index contributed by atoms with van der Waals surface area (Å²) in [5, 5.41) is 8.05. The quantitative estimate of drug-likeness (QED) is 0.204. The van der Waals surface area contributed by atoms with Gasteiger partial charge in [-0.1, -0.05) is 82.6 Å². The maximum Gasteiger partial charge on any atom is 0.236 e. The van der Waals surface area contributed by atoms with E-state index < -0.39 is 0 Å². The highest BCUT2D eigenvalue weighted by Crippen LogP contribution is 2.31. The zero-order valence-corrected chi connectivity index (χ0v) is 22.8. The summed E-state index contributed by atoms with van der Waals surface area (Å²) < 4.78 is 2.03. The Balaban J connectivity index is 1.14. The highest BCUT2D eigenvalue weighted by Gasteiger charge is 2.16. The minimum absolute atomic E-state index is 0.133. The summed E-state index contributed by atoms with van der Waals surface area (Å²) in [6.45, 7) is 0. The average Bonchev–Trinajstić information content (AvgIpc) is 3.53. The molecule has 0 bridgehead atoms. The largest absolute Gasteiger partial charge is 0.301 e. The molecule has 0 unspecified atom stereocenters. The van der Waals surface area contributed by atoms with Crippen LogP contribution in [0.4, 0.5) is 10.3 Å². The summed E-state index contributed by atoms with van der Waals surface area (Å²) >= 11 is 5.43. The second kappa shape index (κ2) is 11.0. The van der Waals surface area contributed by atoms with Gasteiger partial charge in [0.2, 0.25) is 11.8 Å². The van der Waals surface area contributed by atoms with Crippen LogP contribution in [0.3, 0.4) is 0 Å². The topological polar surface area (TPSA) is 110 Å². The average molecular weight is 575 g/mol. The summed E-state index contributed by atoms with van der Waals surface area (Å²) in [5.74, 6) is -0.106. The molecule has 2 N–H and O–H groups in total. The van der Waals surface area contributed by atoms with Crippen LogP contribution in [0.2, 0.25) is 0 Å². The maximum absolute atomic E-state index is 12.7. The highest BCUT2D eigenvalue weighted by atomic mass is 32.2. The van der Waals surface area contributed by atoms with Gasteiger partial charge in [0.1, 0.15) is 10.1 Å². The van der Waals surface area contributed by atoms with Gasteiger partial charge in [0.05, 0.1) is 43.0 Å². The van der Waals surface area contributed by atoms with Crippen LogP contribution in [0.5, 0.6) is 0 Å². The molecule has 0 aliphatic heterocycles. The van der Waals surface area contributed by atoms with E-state index in [1.807, 2.05) is 72.8 Å². The fraction of sp³-hybridized carbons (Fsp3) is 0.0769. The first-order valence-electron chi connectivity index (χ1n) is 11.4. The monoisotopic (exact) mass is 574 g/mol. The first-order valence-corrected chi connectivity index (χ1v) is 15.0. The zero-order chi connectivity index (χ0) is 25.9. The molecule has 3 heterocycles. The van der Waals surface area contributed by atoms with Gasteiger partial charge in [-0.2, -0.15) is 0 Å². The van der Waals surface area contributed by atoms with Crippen molar-refractivity contribution in [3.63, 3.8) is 0 Å². The van der Waals surface area contributed by atoms with E-state index in [0.717, 1.165) is 31.5 Å². The van der Waals surface area contributed by atoms with Crippen molar-refractivity contribution in [2.24, 2.45) is 0 Å². The number of hydrogen-bond acceptors (Lipinski definition) is 10. The minimum Gasteiger partial charge on any atom is -0.301 e. The molecule has 8 nitrogen and oxygen atoms in total. The third-order valence-corrected chi connectivity index (χ3v) is 9.23. The SMILES string of the molecule is O=C(CSc1nc2ccccc2nc1SCC(=O)Nc1nc2ccccc2s1)Nc1nc2ccccc2s1. The van der Waals surface area contributed by atoms with Crippen LogP contribution in [0.25, 0.3) is 31.5 Å². The van der Waals surface area contributed by atoms with E-state index >= 15 is 0 Å². The van der Waals surface area contributed by atoms with Crippen molar-refractivity contribution < 1.29 is 9.59 Å². The van der Waals surface area contributed by atoms with Crippen LogP contribution in [-0.4, -0.2) is 43.3 Å². The van der Waals surface area contributed by atoms with Crippen molar-refractivity contribution in [2.75, 3.05) is 22.1 Å². The second-order valence-corrected chi connectivity index (χ2v) is 12.0. The molecule has 38 heavy (non-hydrogen) atoms. The van der Waals surface area contributed by atoms with Gasteiger partial charge in [0.15, 0.2) is 10.3 Å². The molecule has 3 aromatic heterocycles. The molecule has 12 heteroatoms. The standard InChI is InChI=1S/C26H18N6O2S4/c33-21(31-25-29-17-9-3-5-11-19(17)37-25)13-35-23-24(28-16-8-2-1-7-15(16)27-23)36-14-22(34)32-26-30-18-10-4-6-12-20(18)38-26/h1-12H,13-14H2,(H,29,31,33)(H,30,32,34). The first kappa shape index (κ1) is 24.7. The van der Waals surface area contributed by atoms with Gasteiger partial charge in [-0.05, 0) is 36.4 Å². The molecule has 2 amide bonds. The van der Waals surface area contributed by atoms with Crippen LogP contribution >= 0.6 is 46.2 Å². The predicted molar refractivity (Wildman–Crippen MR) is 157 cm³/mol. The first-order chi connectivity index (χ1) is 18.6. The van der Waals surface area contributed by atoms with Gasteiger partial charge in [-0.25, -0.2) is 19.9 Å². The van der Waals surface area contributed by atoms with Crippen molar-refractivity contribution in [1.82, 2.24) is 19.9 Å². The Labute approximate surface area is 233 Å². The molecule has 0 radical (unpaired) electrons. The number of para-hydroxylation sites is 4. The van der Waals surface area contributed by atoms with Crippen LogP contribution in [0.1, 0.15) is 0 Å². The predicted octanol–water partition coefficient (Wildman–Crippen LogP) is 6.31. The van der Waals surface area contributed by atoms with Crippen LogP contribution < -0.4 is 10.6 Å². The second-order valence-electron chi connectivity index (χ2n) is 7.97. The van der Waals surface area contributed by atoms with Crippen LogP contribution in [-0.2, 0) is 9.59 Å². The molecule has 0 atom stereocenters. The van der Waals surface area contributed by atoms with E-state index in [4.69, 9.17) is 9.97 Å². The number of benzene rings is 3. The molecular weight excluding hydrogens is 557 g/mol. The Kier molecular flexibility index (Phi) is 7.18. The van der Waals surface area contributed by atoms with Crippen molar-refractivity contribution in [3.05, 3.63) is 72.8 Å². The molecule has 6 aromatic rings. The van der Waals surface area contributed by atoms with E-state index in [9.17, 15) is 9.59 Å². The number of aromatic nitrogens is 4. The molecule has 0 saturated carbocycles. The molecule has 6 rings (SSSR count). The van der Waals surface area contributed by atoms with Crippen molar-refractivity contribution in [2.45, 2.75) is 10.1 Å². The molecule has 3 aromatic carbocycles. The number of fused-ring (bicyclic) bond motifs is 3. The van der Waals surface area contributed by atoms with E-state index in [0.29, 0.717) is 20.3 Å². The maximum atomic E-state index is 12.7. The number of rotatable bonds is 8. The van der Waals surface area contributed by atoms with Gasteiger partial charge in [-0.3, -0.25) is 9.59 Å². The molecule has 0 saturated heterocycles. The smallest absolute Gasteiger partial charge is 0.236 e. The van der Waals surface area contributed by atoms with Crippen molar-refractivity contribution in [3.8, 4) is 0 Å². The zero-order valence-electron chi connectivity index (χ0n) is 19.6. The minimum atomic E-state index is -0.187. The van der Waals surface area contributed by atoms with E-state index in [-0.39, 0.29) is 23.3 Å². The number of amides is 2. The molecule has 0 aliphatic carbocycles. The summed E-state index contributed by atoms with van der Waals surface area (Å²) in [4.78, 5) is 43.7. The molecule has 188 valence electrons. The Bertz CT molecular complexity index is 1600. The lowest BCUT2D eigenvalue weighted by Gasteiger charge is -2.09. The number of hydrogen-bond donors (Lipinski definition) is 2. The summed E-state index contributed by atoms with van der Waals surface area (Å²) in [6, 6.07) is 23.0. The fourth-order valence-electron chi connectivity index (χ4n) is 3.59.